The molecule has 0 bridgehead atoms. The minimum absolute atomic E-state index is 0.292. The Labute approximate surface area is 306 Å². The number of benzene rings is 3. The largest absolute Gasteiger partial charge is 0.480 e. The van der Waals surface area contributed by atoms with Gasteiger partial charge in [-0.1, -0.05) is 36.4 Å². The molecule has 0 aromatic heterocycles. The van der Waals surface area contributed by atoms with Gasteiger partial charge < -0.3 is 15.3 Å². The van der Waals surface area contributed by atoms with Crippen molar-refractivity contribution in [1.29, 1.82) is 10.5 Å². The van der Waals surface area contributed by atoms with Gasteiger partial charge >= 0.3 is 17.9 Å². The second kappa shape index (κ2) is 19.2. The van der Waals surface area contributed by atoms with E-state index < -0.39 is 17.9 Å². The number of aliphatic carboxylic acids is 3. The van der Waals surface area contributed by atoms with E-state index in [4.69, 9.17) is 25.8 Å². The van der Waals surface area contributed by atoms with Gasteiger partial charge in [-0.25, -0.2) is 0 Å². The van der Waals surface area contributed by atoms with Crippen LogP contribution < -0.4 is 0 Å². The first-order chi connectivity index (χ1) is 24.1. The molecule has 11 nitrogen and oxygen atoms in total. The molecule has 3 N–H and O–H groups in total. The maximum atomic E-state index is 11.0. The van der Waals surface area contributed by atoms with E-state index in [1.54, 1.807) is 18.2 Å². The molecular weight excluding hydrogens is 749 g/mol. The van der Waals surface area contributed by atoms with E-state index in [2.05, 4.69) is 59.0 Å². The number of hydrogen-bond acceptors (Lipinski definition) is 8. The second-order valence-electron chi connectivity index (χ2n) is 12.6. The van der Waals surface area contributed by atoms with Crippen LogP contribution in [0.5, 0.6) is 0 Å². The summed E-state index contributed by atoms with van der Waals surface area (Å²) in [6.07, 6.45) is 5.07. The second-order valence-corrected chi connectivity index (χ2v) is 13.9. The molecule has 3 aromatic carbocycles. The van der Waals surface area contributed by atoms with Gasteiger partial charge in [0.15, 0.2) is 0 Å². The molecule has 3 aliphatic rings. The summed E-state index contributed by atoms with van der Waals surface area (Å²) in [6.45, 7) is 4.52. The number of halogens is 1. The van der Waals surface area contributed by atoms with E-state index in [0.717, 1.165) is 69.4 Å². The number of likely N-dealkylation sites (tertiary alicyclic amines) is 3. The maximum absolute atomic E-state index is 11.0. The molecule has 0 saturated carbocycles. The molecule has 3 aromatic rings. The van der Waals surface area contributed by atoms with Crippen LogP contribution >= 0.6 is 22.6 Å². The van der Waals surface area contributed by atoms with E-state index in [0.29, 0.717) is 30.6 Å². The van der Waals surface area contributed by atoms with Crippen molar-refractivity contribution in [2.24, 2.45) is 0 Å². The van der Waals surface area contributed by atoms with Crippen molar-refractivity contribution >= 4 is 40.5 Å². The summed E-state index contributed by atoms with van der Waals surface area (Å²) >= 11 is 2.27. The van der Waals surface area contributed by atoms with Crippen LogP contribution in [0.3, 0.4) is 0 Å². The average molecular weight is 792 g/mol. The van der Waals surface area contributed by atoms with Crippen molar-refractivity contribution in [3.8, 4) is 12.1 Å². The molecule has 3 fully saturated rings. The molecule has 50 heavy (non-hydrogen) atoms. The van der Waals surface area contributed by atoms with Gasteiger partial charge in [0.05, 0.1) is 23.3 Å². The van der Waals surface area contributed by atoms with Crippen molar-refractivity contribution in [3.63, 3.8) is 0 Å². The SMILES string of the molecule is N#Cc1ccc(CN2CCC[C@H]2C(=O)O)cc1.N#Cc1cccc(CN2CCC[C@H]2C(=O)O)c1.O=C(O)[C@@H]1CCCN1Cc1ccc(I)cc1. The fourth-order valence-electron chi connectivity index (χ4n) is 6.60. The van der Waals surface area contributed by atoms with Crippen LogP contribution in [-0.2, 0) is 34.0 Å². The Morgan fingerprint density at radius 2 is 1.00 bits per heavy atom. The monoisotopic (exact) mass is 791 g/mol. The van der Waals surface area contributed by atoms with E-state index in [9.17, 15) is 14.4 Å². The lowest BCUT2D eigenvalue weighted by atomic mass is 10.1. The van der Waals surface area contributed by atoms with Gasteiger partial charge in [0.25, 0.3) is 0 Å². The summed E-state index contributed by atoms with van der Waals surface area (Å²) < 4.78 is 1.21. The molecule has 3 atom stereocenters. The summed E-state index contributed by atoms with van der Waals surface area (Å²) in [6, 6.07) is 26.0. The lowest BCUT2D eigenvalue weighted by molar-refractivity contribution is -0.143. The molecule has 0 unspecified atom stereocenters. The number of rotatable bonds is 9. The van der Waals surface area contributed by atoms with E-state index >= 15 is 0 Å². The van der Waals surface area contributed by atoms with Gasteiger partial charge in [-0.05, 0) is 134 Å². The number of hydrogen-bond donors (Lipinski definition) is 3. The zero-order chi connectivity index (χ0) is 36.0. The fraction of sp³-hybridized carbons (Fsp3) is 0.395. The van der Waals surface area contributed by atoms with Gasteiger partial charge in [0.2, 0.25) is 0 Å². The first kappa shape index (κ1) is 38.5. The smallest absolute Gasteiger partial charge is 0.320 e. The van der Waals surface area contributed by atoms with Gasteiger partial charge in [-0.2, -0.15) is 10.5 Å². The van der Waals surface area contributed by atoms with Crippen LogP contribution in [0.2, 0.25) is 0 Å². The summed E-state index contributed by atoms with van der Waals surface area (Å²) in [5.41, 5.74) is 4.49. The zero-order valence-electron chi connectivity index (χ0n) is 27.8. The van der Waals surface area contributed by atoms with Gasteiger partial charge in [0.1, 0.15) is 18.1 Å². The molecule has 262 valence electrons. The summed E-state index contributed by atoms with van der Waals surface area (Å²) in [5.74, 6) is -2.18. The molecular formula is C38H42IN5O6. The van der Waals surface area contributed by atoms with Crippen molar-refractivity contribution in [1.82, 2.24) is 14.7 Å². The molecule has 6 rings (SSSR count). The topological polar surface area (TPSA) is 169 Å². The molecule has 12 heteroatoms. The summed E-state index contributed by atoms with van der Waals surface area (Å²) in [4.78, 5) is 39.0. The average Bonchev–Trinajstić information content (AvgIpc) is 3.89. The third-order valence-electron chi connectivity index (χ3n) is 9.16. The first-order valence-corrected chi connectivity index (χ1v) is 17.8. The Hall–Kier alpha value is -4.34. The lowest BCUT2D eigenvalue weighted by Crippen LogP contribution is -2.35. The highest BCUT2D eigenvalue weighted by Gasteiger charge is 2.32. The van der Waals surface area contributed by atoms with E-state index in [-0.39, 0.29) is 18.1 Å². The fourth-order valence-corrected chi connectivity index (χ4v) is 6.96. The normalized spacial score (nSPS) is 20.4. The predicted molar refractivity (Wildman–Crippen MR) is 195 cm³/mol. The van der Waals surface area contributed by atoms with Crippen LogP contribution in [0.25, 0.3) is 0 Å². The van der Waals surface area contributed by atoms with Crippen molar-refractivity contribution in [3.05, 3.63) is 104 Å². The highest BCUT2D eigenvalue weighted by molar-refractivity contribution is 14.1. The van der Waals surface area contributed by atoms with Gasteiger partial charge in [0, 0.05) is 23.2 Å². The highest BCUT2D eigenvalue weighted by Crippen LogP contribution is 2.23. The number of carbonyl (C=O) groups is 3. The van der Waals surface area contributed by atoms with Crippen LogP contribution in [0.15, 0.2) is 72.8 Å². The molecule has 0 spiro atoms. The highest BCUT2D eigenvalue weighted by atomic mass is 127. The van der Waals surface area contributed by atoms with Crippen molar-refractivity contribution < 1.29 is 29.7 Å². The number of carboxylic acid groups (broad SMARTS) is 3. The van der Waals surface area contributed by atoms with Crippen LogP contribution in [-0.4, -0.2) is 85.7 Å². The Morgan fingerprint density at radius 3 is 1.40 bits per heavy atom. The number of nitrogens with zero attached hydrogens (tertiary/aromatic N) is 5. The molecule has 3 aliphatic heterocycles. The van der Waals surface area contributed by atoms with Crippen LogP contribution in [0, 0.1) is 26.2 Å². The summed E-state index contributed by atoms with van der Waals surface area (Å²) in [5, 5.41) is 44.7. The van der Waals surface area contributed by atoms with Crippen LogP contribution in [0.1, 0.15) is 66.3 Å². The Morgan fingerprint density at radius 1 is 0.600 bits per heavy atom. The molecule has 3 saturated heterocycles. The maximum Gasteiger partial charge on any atom is 0.320 e. The van der Waals surface area contributed by atoms with Crippen molar-refractivity contribution in [2.45, 2.75) is 76.3 Å². The van der Waals surface area contributed by atoms with Crippen molar-refractivity contribution in [2.75, 3.05) is 19.6 Å². The van der Waals surface area contributed by atoms with Crippen LogP contribution in [0.4, 0.5) is 0 Å². The van der Waals surface area contributed by atoms with Gasteiger partial charge in [-0.3, -0.25) is 29.1 Å². The molecule has 0 amide bonds. The third-order valence-corrected chi connectivity index (χ3v) is 9.87. The Balaban J connectivity index is 0.000000169. The van der Waals surface area contributed by atoms with E-state index in [1.807, 2.05) is 45.0 Å². The zero-order valence-corrected chi connectivity index (χ0v) is 30.0. The Kier molecular flexibility index (Phi) is 14.7. The quantitative estimate of drug-likeness (QED) is 0.232. The minimum atomic E-state index is -0.751. The predicted octanol–water partition coefficient (Wildman–Crippen LogP) is 5.55. The molecule has 0 aliphatic carbocycles. The lowest BCUT2D eigenvalue weighted by Gasteiger charge is -2.20. The number of nitriles is 2. The summed E-state index contributed by atoms with van der Waals surface area (Å²) in [7, 11) is 0. The van der Waals surface area contributed by atoms with Gasteiger partial charge in [-0.15, -0.1) is 0 Å². The Bertz CT molecular complexity index is 1690. The third kappa shape index (κ3) is 11.4. The van der Waals surface area contributed by atoms with E-state index in [1.165, 1.54) is 9.13 Å². The molecule has 3 heterocycles. The standard InChI is InChI=1S/2C13H14N2O2.C12H14INO2/c14-8-10-3-1-4-11(7-10)9-15-6-2-5-12(15)13(16)17;14-8-10-3-5-11(6-4-10)9-15-7-1-2-12(15)13(16)17;13-10-5-3-9(4-6-10)8-14-7-1-2-11(14)12(15)16/h1,3-4,7,12H,2,5-6,9H2,(H,16,17);3-6,12H,1-2,7,9H2,(H,16,17);3-6,11H,1-2,7-8H2,(H,15,16)/t2*12-;11-/m000/s1. The minimum Gasteiger partial charge on any atom is -0.480 e. The number of carboxylic acids is 3. The first-order valence-electron chi connectivity index (χ1n) is 16.7. The molecule has 0 radical (unpaired) electrons.